The zero-order valence-corrected chi connectivity index (χ0v) is 12.3. The van der Waals surface area contributed by atoms with Crippen molar-refractivity contribution in [2.24, 2.45) is 17.6 Å². The third-order valence-electron chi connectivity index (χ3n) is 3.18. The molecule has 0 spiro atoms. The van der Waals surface area contributed by atoms with Gasteiger partial charge < -0.3 is 16.0 Å². The van der Waals surface area contributed by atoms with Crippen molar-refractivity contribution in [3.05, 3.63) is 0 Å². The van der Waals surface area contributed by atoms with Crippen LogP contribution in [0.2, 0.25) is 0 Å². The molecule has 6 heteroatoms. The van der Waals surface area contributed by atoms with Gasteiger partial charge in [-0.15, -0.1) is 24.8 Å². The standard InChI is InChI=1S/C11H23N3O.2ClH/c1-3-14-5-4-10(8-14)7-13-11(15)9(2)6-12;;/h9-10H,3-8,12H2,1-2H3,(H,13,15);2*1H. The summed E-state index contributed by atoms with van der Waals surface area (Å²) in [5.41, 5.74) is 5.43. The van der Waals surface area contributed by atoms with E-state index < -0.39 is 0 Å². The monoisotopic (exact) mass is 285 g/mol. The van der Waals surface area contributed by atoms with Crippen LogP contribution in [0.25, 0.3) is 0 Å². The molecular formula is C11H25Cl2N3O. The van der Waals surface area contributed by atoms with Crippen LogP contribution in [0.5, 0.6) is 0 Å². The van der Waals surface area contributed by atoms with Gasteiger partial charge in [0.15, 0.2) is 0 Å². The quantitative estimate of drug-likeness (QED) is 0.789. The smallest absolute Gasteiger partial charge is 0.224 e. The first-order valence-electron chi connectivity index (χ1n) is 5.87. The number of carbonyl (C=O) groups is 1. The Morgan fingerprint density at radius 3 is 2.65 bits per heavy atom. The summed E-state index contributed by atoms with van der Waals surface area (Å²) in [6.07, 6.45) is 1.20. The van der Waals surface area contributed by atoms with Crippen LogP contribution in [0.4, 0.5) is 0 Å². The molecule has 0 bridgehead atoms. The molecule has 1 rings (SSSR count). The molecule has 1 heterocycles. The number of amides is 1. The summed E-state index contributed by atoms with van der Waals surface area (Å²) >= 11 is 0. The minimum atomic E-state index is -0.0614. The lowest BCUT2D eigenvalue weighted by molar-refractivity contribution is -0.124. The predicted molar refractivity (Wildman–Crippen MR) is 75.9 cm³/mol. The van der Waals surface area contributed by atoms with Gasteiger partial charge in [-0.25, -0.2) is 0 Å². The fourth-order valence-corrected chi connectivity index (χ4v) is 1.89. The third-order valence-corrected chi connectivity index (χ3v) is 3.18. The van der Waals surface area contributed by atoms with Crippen LogP contribution in [-0.2, 0) is 4.79 Å². The summed E-state index contributed by atoms with van der Waals surface area (Å²) in [5.74, 6) is 0.653. The molecule has 2 unspecified atom stereocenters. The molecule has 1 aliphatic heterocycles. The van der Waals surface area contributed by atoms with E-state index in [0.717, 1.165) is 19.6 Å². The van der Waals surface area contributed by atoms with Crippen LogP contribution < -0.4 is 11.1 Å². The number of hydrogen-bond donors (Lipinski definition) is 2. The van der Waals surface area contributed by atoms with E-state index in [2.05, 4.69) is 17.1 Å². The number of halogens is 2. The minimum absolute atomic E-state index is 0. The molecule has 3 N–H and O–H groups in total. The first-order chi connectivity index (χ1) is 7.17. The van der Waals surface area contributed by atoms with Gasteiger partial charge in [-0.1, -0.05) is 13.8 Å². The second kappa shape index (κ2) is 9.95. The Balaban J connectivity index is 0. The van der Waals surface area contributed by atoms with E-state index in [0.29, 0.717) is 12.5 Å². The summed E-state index contributed by atoms with van der Waals surface area (Å²) in [6.45, 7) is 8.68. The molecule has 2 atom stereocenters. The molecule has 4 nitrogen and oxygen atoms in total. The van der Waals surface area contributed by atoms with Crippen LogP contribution >= 0.6 is 24.8 Å². The van der Waals surface area contributed by atoms with E-state index >= 15 is 0 Å². The number of nitrogens with two attached hydrogens (primary N) is 1. The second-order valence-electron chi connectivity index (χ2n) is 4.43. The predicted octanol–water partition coefficient (Wildman–Crippen LogP) is 0.883. The Bertz CT molecular complexity index is 217. The summed E-state index contributed by atoms with van der Waals surface area (Å²) in [4.78, 5) is 13.9. The van der Waals surface area contributed by atoms with Crippen molar-refractivity contribution in [3.63, 3.8) is 0 Å². The molecule has 1 aliphatic rings. The number of rotatable bonds is 5. The summed E-state index contributed by atoms with van der Waals surface area (Å²) in [6, 6.07) is 0. The molecule has 0 radical (unpaired) electrons. The first kappa shape index (κ1) is 19.3. The van der Waals surface area contributed by atoms with E-state index in [1.54, 1.807) is 0 Å². The van der Waals surface area contributed by atoms with E-state index in [4.69, 9.17) is 5.73 Å². The Morgan fingerprint density at radius 2 is 2.18 bits per heavy atom. The van der Waals surface area contributed by atoms with Gasteiger partial charge in [0.05, 0.1) is 0 Å². The lowest BCUT2D eigenvalue weighted by atomic mass is 10.1. The Morgan fingerprint density at radius 1 is 1.53 bits per heavy atom. The molecular weight excluding hydrogens is 261 g/mol. The average Bonchev–Trinajstić information content (AvgIpc) is 2.72. The molecule has 1 fully saturated rings. The summed E-state index contributed by atoms with van der Waals surface area (Å²) in [7, 11) is 0. The molecule has 104 valence electrons. The highest BCUT2D eigenvalue weighted by molar-refractivity contribution is 5.85. The van der Waals surface area contributed by atoms with Crippen LogP contribution in [0, 0.1) is 11.8 Å². The van der Waals surface area contributed by atoms with Gasteiger partial charge in [-0.2, -0.15) is 0 Å². The maximum atomic E-state index is 11.5. The molecule has 0 aromatic rings. The zero-order chi connectivity index (χ0) is 11.3. The highest BCUT2D eigenvalue weighted by atomic mass is 35.5. The van der Waals surface area contributed by atoms with Crippen molar-refractivity contribution in [3.8, 4) is 0 Å². The van der Waals surface area contributed by atoms with Crippen LogP contribution in [-0.4, -0.2) is 43.5 Å². The van der Waals surface area contributed by atoms with Gasteiger partial charge in [0, 0.05) is 25.6 Å². The van der Waals surface area contributed by atoms with Gasteiger partial charge in [0.1, 0.15) is 0 Å². The maximum absolute atomic E-state index is 11.5. The molecule has 0 aliphatic carbocycles. The van der Waals surface area contributed by atoms with E-state index in [1.807, 2.05) is 6.92 Å². The number of likely N-dealkylation sites (tertiary alicyclic amines) is 1. The van der Waals surface area contributed by atoms with E-state index in [1.165, 1.54) is 13.0 Å². The molecule has 17 heavy (non-hydrogen) atoms. The largest absolute Gasteiger partial charge is 0.356 e. The number of carbonyl (C=O) groups excluding carboxylic acids is 1. The highest BCUT2D eigenvalue weighted by Gasteiger charge is 2.22. The third kappa shape index (κ3) is 6.46. The number of nitrogens with one attached hydrogen (secondary N) is 1. The normalized spacial score (nSPS) is 21.2. The Hall–Kier alpha value is -0.0300. The van der Waals surface area contributed by atoms with Gasteiger partial charge in [-0.05, 0) is 25.4 Å². The number of nitrogens with zero attached hydrogens (tertiary/aromatic N) is 1. The molecule has 0 saturated carbocycles. The van der Waals surface area contributed by atoms with Gasteiger partial charge in [0.25, 0.3) is 0 Å². The average molecular weight is 286 g/mol. The van der Waals surface area contributed by atoms with E-state index in [-0.39, 0.29) is 36.6 Å². The van der Waals surface area contributed by atoms with Gasteiger partial charge in [-0.3, -0.25) is 4.79 Å². The fourth-order valence-electron chi connectivity index (χ4n) is 1.89. The number of hydrogen-bond acceptors (Lipinski definition) is 3. The second-order valence-corrected chi connectivity index (χ2v) is 4.43. The molecule has 1 amide bonds. The Labute approximate surface area is 117 Å². The highest BCUT2D eigenvalue weighted by Crippen LogP contribution is 2.14. The fraction of sp³-hybridized carbons (Fsp3) is 0.909. The molecule has 0 aromatic heterocycles. The topological polar surface area (TPSA) is 58.4 Å². The van der Waals surface area contributed by atoms with Crippen molar-refractivity contribution in [1.82, 2.24) is 10.2 Å². The van der Waals surface area contributed by atoms with Crippen molar-refractivity contribution in [1.29, 1.82) is 0 Å². The van der Waals surface area contributed by atoms with Crippen LogP contribution in [0.1, 0.15) is 20.3 Å². The maximum Gasteiger partial charge on any atom is 0.224 e. The lowest BCUT2D eigenvalue weighted by Crippen LogP contribution is -2.36. The van der Waals surface area contributed by atoms with E-state index in [9.17, 15) is 4.79 Å². The van der Waals surface area contributed by atoms with Gasteiger partial charge in [0.2, 0.25) is 5.91 Å². The Kier molecular flexibility index (Phi) is 11.3. The van der Waals surface area contributed by atoms with Crippen molar-refractivity contribution in [2.45, 2.75) is 20.3 Å². The lowest BCUT2D eigenvalue weighted by Gasteiger charge is -2.15. The van der Waals surface area contributed by atoms with Crippen molar-refractivity contribution in [2.75, 3.05) is 32.7 Å². The molecule has 1 saturated heterocycles. The van der Waals surface area contributed by atoms with Crippen LogP contribution in [0.15, 0.2) is 0 Å². The van der Waals surface area contributed by atoms with Gasteiger partial charge >= 0.3 is 0 Å². The summed E-state index contributed by atoms with van der Waals surface area (Å²) < 4.78 is 0. The zero-order valence-electron chi connectivity index (χ0n) is 10.6. The molecule has 0 aromatic carbocycles. The SMILES string of the molecule is CCN1CCC(CNC(=O)C(C)CN)C1.Cl.Cl. The van der Waals surface area contributed by atoms with Crippen molar-refractivity contribution >= 4 is 30.7 Å². The first-order valence-corrected chi connectivity index (χ1v) is 5.87. The van der Waals surface area contributed by atoms with Crippen molar-refractivity contribution < 1.29 is 4.79 Å². The van der Waals surface area contributed by atoms with Crippen LogP contribution in [0.3, 0.4) is 0 Å². The summed E-state index contributed by atoms with van der Waals surface area (Å²) in [5, 5.41) is 2.97. The minimum Gasteiger partial charge on any atom is -0.356 e.